The molecule has 0 spiro atoms. The number of nitrogens with zero attached hydrogens (tertiary/aromatic N) is 1. The fourth-order valence-corrected chi connectivity index (χ4v) is 4.04. The number of aryl methyl sites for hydroxylation is 1. The number of fused-ring (bicyclic) bond motifs is 2. The van der Waals surface area contributed by atoms with Gasteiger partial charge in [-0.15, -0.1) is 0 Å². The number of hydrogen-bond donors (Lipinski definition) is 1. The summed E-state index contributed by atoms with van der Waals surface area (Å²) in [7, 11) is 0. The molecule has 3 heteroatoms. The summed E-state index contributed by atoms with van der Waals surface area (Å²) in [6, 6.07) is 7.61. The molecule has 1 aromatic rings. The van der Waals surface area contributed by atoms with Crippen molar-refractivity contribution in [1.29, 1.82) is 0 Å². The Morgan fingerprint density at radius 1 is 1.15 bits per heavy atom. The van der Waals surface area contributed by atoms with E-state index in [0.717, 1.165) is 19.7 Å². The molecule has 20 heavy (non-hydrogen) atoms. The molecule has 0 amide bonds. The molecule has 0 aromatic heterocycles. The lowest BCUT2D eigenvalue weighted by Crippen LogP contribution is -2.52. The smallest absolute Gasteiger partial charge is 0.0779 e. The number of nitrogens with one attached hydrogen (secondary N) is 1. The Labute approximate surface area is 121 Å². The molecule has 1 N–H and O–H groups in total. The fourth-order valence-electron chi connectivity index (χ4n) is 4.04. The summed E-state index contributed by atoms with van der Waals surface area (Å²) in [6.07, 6.45) is 8.15. The first-order valence-corrected chi connectivity index (χ1v) is 8.17. The van der Waals surface area contributed by atoms with Crippen LogP contribution in [0.4, 0.5) is 11.4 Å². The Morgan fingerprint density at radius 3 is 3.10 bits per heavy atom. The van der Waals surface area contributed by atoms with Crippen molar-refractivity contribution in [2.24, 2.45) is 0 Å². The van der Waals surface area contributed by atoms with Gasteiger partial charge in [-0.25, -0.2) is 0 Å². The van der Waals surface area contributed by atoms with Gasteiger partial charge in [0.25, 0.3) is 0 Å². The molecular formula is C17H24N2O. The van der Waals surface area contributed by atoms with Crippen molar-refractivity contribution in [3.8, 4) is 0 Å². The predicted molar refractivity (Wildman–Crippen MR) is 82.6 cm³/mol. The third-order valence-corrected chi connectivity index (χ3v) is 5.10. The molecular weight excluding hydrogens is 248 g/mol. The van der Waals surface area contributed by atoms with Crippen LogP contribution in [0.3, 0.4) is 0 Å². The fraction of sp³-hybridized carbons (Fsp3) is 0.647. The summed E-state index contributed by atoms with van der Waals surface area (Å²) >= 11 is 0. The van der Waals surface area contributed by atoms with Crippen molar-refractivity contribution >= 4 is 11.4 Å². The largest absolute Gasteiger partial charge is 0.385 e. The lowest BCUT2D eigenvalue weighted by atomic mass is 9.89. The summed E-state index contributed by atoms with van der Waals surface area (Å²) in [5.74, 6) is 0. The van der Waals surface area contributed by atoms with Crippen LogP contribution in [0.5, 0.6) is 0 Å². The Balaban J connectivity index is 1.62. The van der Waals surface area contributed by atoms with Gasteiger partial charge in [0.2, 0.25) is 0 Å². The number of ether oxygens (including phenoxy) is 1. The van der Waals surface area contributed by atoms with Crippen molar-refractivity contribution in [2.45, 2.75) is 50.7 Å². The molecule has 0 radical (unpaired) electrons. The molecule has 4 rings (SSSR count). The average molecular weight is 272 g/mol. The van der Waals surface area contributed by atoms with Crippen LogP contribution in [-0.4, -0.2) is 31.8 Å². The second-order valence-electron chi connectivity index (χ2n) is 6.33. The first-order valence-electron chi connectivity index (χ1n) is 8.17. The zero-order valence-corrected chi connectivity index (χ0v) is 12.1. The molecule has 1 aromatic carbocycles. The van der Waals surface area contributed by atoms with E-state index < -0.39 is 0 Å². The van der Waals surface area contributed by atoms with Crippen molar-refractivity contribution in [3.05, 3.63) is 23.8 Å². The monoisotopic (exact) mass is 272 g/mol. The van der Waals surface area contributed by atoms with Crippen LogP contribution in [0.15, 0.2) is 18.2 Å². The van der Waals surface area contributed by atoms with E-state index >= 15 is 0 Å². The summed E-state index contributed by atoms with van der Waals surface area (Å²) < 4.78 is 5.99. The Hall–Kier alpha value is -1.22. The van der Waals surface area contributed by atoms with Crippen LogP contribution < -0.4 is 10.2 Å². The topological polar surface area (TPSA) is 24.5 Å². The second-order valence-corrected chi connectivity index (χ2v) is 6.33. The van der Waals surface area contributed by atoms with E-state index in [1.807, 2.05) is 0 Å². The molecule has 1 saturated heterocycles. The quantitative estimate of drug-likeness (QED) is 0.849. The van der Waals surface area contributed by atoms with E-state index in [4.69, 9.17) is 4.74 Å². The van der Waals surface area contributed by atoms with E-state index in [-0.39, 0.29) is 0 Å². The Bertz CT molecular complexity index is 486. The van der Waals surface area contributed by atoms with Gasteiger partial charge in [0.05, 0.1) is 18.8 Å². The Morgan fingerprint density at radius 2 is 2.10 bits per heavy atom. The van der Waals surface area contributed by atoms with Crippen molar-refractivity contribution in [3.63, 3.8) is 0 Å². The van der Waals surface area contributed by atoms with E-state index in [1.54, 1.807) is 0 Å². The molecule has 2 unspecified atom stereocenters. The van der Waals surface area contributed by atoms with Gasteiger partial charge < -0.3 is 15.0 Å². The minimum atomic E-state index is 0.460. The number of rotatable bonds is 1. The molecule has 2 fully saturated rings. The third kappa shape index (κ3) is 2.18. The molecule has 2 heterocycles. The minimum absolute atomic E-state index is 0.460. The normalized spacial score (nSPS) is 29.3. The number of anilines is 2. The van der Waals surface area contributed by atoms with Gasteiger partial charge in [-0.05, 0) is 43.4 Å². The van der Waals surface area contributed by atoms with Crippen molar-refractivity contribution < 1.29 is 4.74 Å². The summed E-state index contributed by atoms with van der Waals surface area (Å²) in [5.41, 5.74) is 4.22. The minimum Gasteiger partial charge on any atom is -0.385 e. The predicted octanol–water partition coefficient (Wildman–Crippen LogP) is 3.19. The zero-order valence-electron chi connectivity index (χ0n) is 12.1. The summed E-state index contributed by atoms with van der Waals surface area (Å²) in [6.45, 7) is 3.04. The summed E-state index contributed by atoms with van der Waals surface area (Å²) in [5, 5.41) is 3.56. The highest BCUT2D eigenvalue weighted by Crippen LogP contribution is 2.34. The number of morpholine rings is 1. The molecule has 3 nitrogen and oxygen atoms in total. The first kappa shape index (κ1) is 12.5. The highest BCUT2D eigenvalue weighted by Gasteiger charge is 2.34. The van der Waals surface area contributed by atoms with E-state index in [2.05, 4.69) is 28.4 Å². The SMILES string of the molecule is c1cc2c(cc1N1CCOC3CCCCC31)NCCC2. The number of hydrogen-bond acceptors (Lipinski definition) is 3. The molecule has 108 valence electrons. The maximum atomic E-state index is 5.99. The highest BCUT2D eigenvalue weighted by atomic mass is 16.5. The van der Waals surface area contributed by atoms with Crippen LogP contribution in [0.2, 0.25) is 0 Å². The molecule has 1 aliphatic carbocycles. The standard InChI is InChI=1S/C17H24N2O/c1-2-6-17-16(5-1)19(10-11-20-17)14-8-7-13-4-3-9-18-15(13)12-14/h7-8,12,16-18H,1-6,9-11H2. The van der Waals surface area contributed by atoms with E-state index in [1.165, 1.54) is 55.5 Å². The van der Waals surface area contributed by atoms with Crippen LogP contribution in [0.1, 0.15) is 37.7 Å². The van der Waals surface area contributed by atoms with Crippen molar-refractivity contribution in [2.75, 3.05) is 29.9 Å². The van der Waals surface area contributed by atoms with Crippen LogP contribution in [-0.2, 0) is 11.2 Å². The average Bonchev–Trinajstić information content (AvgIpc) is 2.54. The van der Waals surface area contributed by atoms with Gasteiger partial charge in [0.15, 0.2) is 0 Å². The van der Waals surface area contributed by atoms with E-state index in [9.17, 15) is 0 Å². The second kappa shape index (κ2) is 5.28. The molecule has 1 saturated carbocycles. The summed E-state index contributed by atoms with van der Waals surface area (Å²) in [4.78, 5) is 2.60. The van der Waals surface area contributed by atoms with Crippen LogP contribution in [0.25, 0.3) is 0 Å². The third-order valence-electron chi connectivity index (χ3n) is 5.10. The van der Waals surface area contributed by atoms with Gasteiger partial charge in [-0.1, -0.05) is 18.9 Å². The van der Waals surface area contributed by atoms with Crippen molar-refractivity contribution in [1.82, 2.24) is 0 Å². The zero-order chi connectivity index (χ0) is 13.4. The number of benzene rings is 1. The van der Waals surface area contributed by atoms with Crippen LogP contribution in [0, 0.1) is 0 Å². The molecule has 3 aliphatic rings. The van der Waals surface area contributed by atoms with E-state index in [0.29, 0.717) is 12.1 Å². The van der Waals surface area contributed by atoms with Gasteiger partial charge in [0.1, 0.15) is 0 Å². The van der Waals surface area contributed by atoms with Crippen LogP contribution >= 0.6 is 0 Å². The maximum absolute atomic E-state index is 5.99. The molecule has 2 aliphatic heterocycles. The van der Waals surface area contributed by atoms with Gasteiger partial charge >= 0.3 is 0 Å². The highest BCUT2D eigenvalue weighted by molar-refractivity contribution is 5.64. The van der Waals surface area contributed by atoms with Gasteiger partial charge in [0, 0.05) is 24.5 Å². The Kier molecular flexibility index (Phi) is 3.31. The van der Waals surface area contributed by atoms with Gasteiger partial charge in [-0.2, -0.15) is 0 Å². The molecule has 0 bridgehead atoms. The lowest BCUT2D eigenvalue weighted by Gasteiger charge is -2.45. The maximum Gasteiger partial charge on any atom is 0.0779 e. The lowest BCUT2D eigenvalue weighted by molar-refractivity contribution is -0.00867. The first-order chi connectivity index (χ1) is 9.92. The van der Waals surface area contributed by atoms with Gasteiger partial charge in [-0.3, -0.25) is 0 Å². The molecule has 2 atom stereocenters.